The summed E-state index contributed by atoms with van der Waals surface area (Å²) in [6.07, 6.45) is 5.43. The number of phenols is 1. The highest BCUT2D eigenvalue weighted by atomic mass is 35.5. The predicted octanol–water partition coefficient (Wildman–Crippen LogP) is 5.42. The van der Waals surface area contributed by atoms with E-state index in [1.165, 1.54) is 0 Å². The molecule has 34 heavy (non-hydrogen) atoms. The van der Waals surface area contributed by atoms with Gasteiger partial charge in [-0.25, -0.2) is 0 Å². The number of aromatic nitrogens is 3. The van der Waals surface area contributed by atoms with E-state index in [1.807, 2.05) is 48.0 Å². The van der Waals surface area contributed by atoms with Crippen molar-refractivity contribution in [2.24, 2.45) is 0 Å². The highest BCUT2D eigenvalue weighted by molar-refractivity contribution is 7.80. The molecule has 1 saturated heterocycles. The van der Waals surface area contributed by atoms with Crippen LogP contribution in [0.4, 0.5) is 0 Å². The van der Waals surface area contributed by atoms with Gasteiger partial charge < -0.3 is 19.9 Å². The molecule has 8 heteroatoms. The van der Waals surface area contributed by atoms with Crippen molar-refractivity contribution in [1.82, 2.24) is 24.8 Å². The number of phenolic OH excluding ortho intramolecular Hbond substituents is 1. The quantitative estimate of drug-likeness (QED) is 0.365. The molecular weight excluding hydrogens is 466 g/mol. The average Bonchev–Trinajstić information content (AvgIpc) is 3.31. The highest BCUT2D eigenvalue weighted by Crippen LogP contribution is 2.42. The van der Waals surface area contributed by atoms with E-state index in [-0.39, 0.29) is 17.8 Å². The normalized spacial score (nSPS) is 17.7. The predicted molar refractivity (Wildman–Crippen MR) is 137 cm³/mol. The van der Waals surface area contributed by atoms with Gasteiger partial charge in [-0.1, -0.05) is 23.7 Å². The Hall–Kier alpha value is -3.42. The molecule has 5 rings (SSSR count). The molecule has 0 saturated carbocycles. The van der Waals surface area contributed by atoms with Crippen LogP contribution in [-0.4, -0.2) is 29.7 Å². The van der Waals surface area contributed by atoms with Crippen LogP contribution in [0.1, 0.15) is 40.3 Å². The topological polar surface area (TPSA) is 66.2 Å². The van der Waals surface area contributed by atoms with Gasteiger partial charge in [-0.2, -0.15) is 0 Å². The third-order valence-electron chi connectivity index (χ3n) is 6.24. The Morgan fingerprint density at radius 2 is 1.94 bits per heavy atom. The number of nitrogens with one attached hydrogen (secondary N) is 1. The molecule has 0 unspecified atom stereocenters. The van der Waals surface area contributed by atoms with E-state index >= 15 is 0 Å². The lowest BCUT2D eigenvalue weighted by Gasteiger charge is -2.28. The second kappa shape index (κ2) is 9.08. The number of aromatic hydroxyl groups is 1. The smallest absolute Gasteiger partial charge is 0.170 e. The van der Waals surface area contributed by atoms with Gasteiger partial charge in [0.1, 0.15) is 5.75 Å². The summed E-state index contributed by atoms with van der Waals surface area (Å²) in [5.41, 5.74) is 5.73. The van der Waals surface area contributed by atoms with Crippen molar-refractivity contribution in [3.63, 3.8) is 0 Å². The summed E-state index contributed by atoms with van der Waals surface area (Å²) in [7, 11) is 0. The molecule has 0 bridgehead atoms. The first-order valence-electron chi connectivity index (χ1n) is 11.0. The van der Waals surface area contributed by atoms with Crippen molar-refractivity contribution in [3.8, 4) is 11.4 Å². The lowest BCUT2D eigenvalue weighted by Crippen LogP contribution is -2.29. The standard InChI is InChI=1S/C26H24ClN5OS/c1-16-12-20(17(2)32(16)22-13-19(27)8-9-23(22)33)25-24(21-7-3-4-11-29-21)30-26(34)31(25)15-18-6-5-10-28-14-18/h3-14,24-25,33H,15H2,1-2H3,(H,30,34)/t24-,25+/m1/s1. The molecule has 0 radical (unpaired) electrons. The number of halogens is 1. The van der Waals surface area contributed by atoms with E-state index in [9.17, 15) is 5.11 Å². The zero-order valence-corrected chi connectivity index (χ0v) is 20.4. The molecular formula is C26H24ClN5OS. The van der Waals surface area contributed by atoms with Crippen molar-refractivity contribution < 1.29 is 5.11 Å². The van der Waals surface area contributed by atoms with E-state index in [2.05, 4.69) is 33.2 Å². The maximum atomic E-state index is 10.6. The number of pyridine rings is 2. The second-order valence-corrected chi connectivity index (χ2v) is 9.23. The van der Waals surface area contributed by atoms with Gasteiger partial charge in [-0.3, -0.25) is 9.97 Å². The van der Waals surface area contributed by atoms with E-state index in [1.54, 1.807) is 30.6 Å². The third kappa shape index (κ3) is 4.02. The van der Waals surface area contributed by atoms with Crippen LogP contribution in [0.3, 0.4) is 0 Å². The Balaban J connectivity index is 1.64. The van der Waals surface area contributed by atoms with E-state index in [4.69, 9.17) is 23.8 Å². The Bertz CT molecular complexity index is 1340. The molecule has 4 aromatic rings. The fraction of sp³-hybridized carbons (Fsp3) is 0.192. The summed E-state index contributed by atoms with van der Waals surface area (Å²) in [6.45, 7) is 4.69. The lowest BCUT2D eigenvalue weighted by molar-refractivity contribution is 0.310. The van der Waals surface area contributed by atoms with Gasteiger partial charge in [0.2, 0.25) is 0 Å². The van der Waals surface area contributed by atoms with Crippen molar-refractivity contribution >= 4 is 28.9 Å². The fourth-order valence-electron chi connectivity index (χ4n) is 4.74. The second-order valence-electron chi connectivity index (χ2n) is 8.41. The third-order valence-corrected chi connectivity index (χ3v) is 6.83. The van der Waals surface area contributed by atoms with Crippen LogP contribution in [0.5, 0.6) is 5.75 Å². The van der Waals surface area contributed by atoms with Crippen molar-refractivity contribution in [2.75, 3.05) is 0 Å². The maximum absolute atomic E-state index is 10.6. The molecule has 0 spiro atoms. The van der Waals surface area contributed by atoms with Crippen LogP contribution < -0.4 is 5.32 Å². The van der Waals surface area contributed by atoms with Gasteiger partial charge in [0.25, 0.3) is 0 Å². The molecule has 0 aliphatic carbocycles. The van der Waals surface area contributed by atoms with Crippen LogP contribution in [0.25, 0.3) is 5.69 Å². The Kier molecular flexibility index (Phi) is 5.98. The number of hydrogen-bond donors (Lipinski definition) is 2. The number of hydrogen-bond acceptors (Lipinski definition) is 4. The minimum atomic E-state index is -0.132. The van der Waals surface area contributed by atoms with Crippen LogP contribution >= 0.6 is 23.8 Å². The zero-order chi connectivity index (χ0) is 23.8. The molecule has 6 nitrogen and oxygen atoms in total. The first-order valence-corrected chi connectivity index (χ1v) is 11.8. The Morgan fingerprint density at radius 3 is 2.68 bits per heavy atom. The molecule has 2 atom stereocenters. The van der Waals surface area contributed by atoms with Crippen LogP contribution in [-0.2, 0) is 6.54 Å². The lowest BCUT2D eigenvalue weighted by atomic mass is 9.96. The molecule has 4 heterocycles. The van der Waals surface area contributed by atoms with Gasteiger partial charge >= 0.3 is 0 Å². The van der Waals surface area contributed by atoms with Gasteiger partial charge in [-0.15, -0.1) is 0 Å². The first kappa shape index (κ1) is 22.4. The van der Waals surface area contributed by atoms with Crippen LogP contribution in [0.2, 0.25) is 5.02 Å². The number of thiocarbonyl (C=S) groups is 1. The summed E-state index contributed by atoms with van der Waals surface area (Å²) in [5.74, 6) is 0.173. The van der Waals surface area contributed by atoms with Crippen molar-refractivity contribution in [2.45, 2.75) is 32.5 Å². The average molecular weight is 490 g/mol. The fourth-order valence-corrected chi connectivity index (χ4v) is 5.21. The van der Waals surface area contributed by atoms with Crippen LogP contribution in [0, 0.1) is 13.8 Å². The van der Waals surface area contributed by atoms with E-state index in [0.717, 1.165) is 28.2 Å². The Morgan fingerprint density at radius 1 is 1.09 bits per heavy atom. The van der Waals surface area contributed by atoms with Gasteiger partial charge in [0, 0.05) is 41.5 Å². The molecule has 1 fully saturated rings. The summed E-state index contributed by atoms with van der Waals surface area (Å²) in [6, 6.07) is 16.9. The Labute approximate surface area is 208 Å². The summed E-state index contributed by atoms with van der Waals surface area (Å²) >= 11 is 12.1. The van der Waals surface area contributed by atoms with Gasteiger partial charge in [0.15, 0.2) is 5.11 Å². The van der Waals surface area contributed by atoms with Gasteiger partial charge in [0.05, 0.1) is 23.5 Å². The van der Waals surface area contributed by atoms with Crippen molar-refractivity contribution in [3.05, 3.63) is 106 Å². The first-order chi connectivity index (χ1) is 16.4. The molecule has 2 N–H and O–H groups in total. The number of benzene rings is 1. The summed E-state index contributed by atoms with van der Waals surface area (Å²) in [4.78, 5) is 11.1. The number of nitrogens with zero attached hydrogens (tertiary/aromatic N) is 4. The monoisotopic (exact) mass is 489 g/mol. The van der Waals surface area contributed by atoms with E-state index in [0.29, 0.717) is 22.4 Å². The molecule has 3 aromatic heterocycles. The molecule has 1 aromatic carbocycles. The SMILES string of the molecule is Cc1cc([C@H]2[C@@H](c3ccccn3)NC(=S)N2Cc2cccnc2)c(C)n1-c1cc(Cl)ccc1O. The maximum Gasteiger partial charge on any atom is 0.170 e. The molecule has 1 aliphatic heterocycles. The van der Waals surface area contributed by atoms with Crippen LogP contribution in [0.15, 0.2) is 73.2 Å². The van der Waals surface area contributed by atoms with Crippen molar-refractivity contribution in [1.29, 1.82) is 0 Å². The zero-order valence-electron chi connectivity index (χ0n) is 18.8. The van der Waals surface area contributed by atoms with E-state index < -0.39 is 0 Å². The van der Waals surface area contributed by atoms with Gasteiger partial charge in [-0.05, 0) is 79.7 Å². The largest absolute Gasteiger partial charge is 0.506 e. The number of aryl methyl sites for hydroxylation is 1. The molecule has 0 amide bonds. The highest BCUT2D eigenvalue weighted by Gasteiger charge is 2.41. The summed E-state index contributed by atoms with van der Waals surface area (Å²) < 4.78 is 2.04. The minimum absolute atomic E-state index is 0.108. The number of rotatable bonds is 5. The molecule has 172 valence electrons. The summed E-state index contributed by atoms with van der Waals surface area (Å²) in [5, 5.41) is 15.3. The molecule has 1 aliphatic rings. The minimum Gasteiger partial charge on any atom is -0.506 e.